The van der Waals surface area contributed by atoms with E-state index >= 15 is 0 Å². The molecule has 1 saturated carbocycles. The molecule has 9 heteroatoms. The van der Waals surface area contributed by atoms with Crippen molar-refractivity contribution in [2.45, 2.75) is 52.7 Å². The number of rotatable bonds is 4. The average molecular weight is 398 g/mol. The lowest BCUT2D eigenvalue weighted by Gasteiger charge is -2.20. The Labute approximate surface area is 169 Å². The second kappa shape index (κ2) is 6.82. The molecule has 2 aromatic heterocycles. The number of hydrogen-bond acceptors (Lipinski definition) is 6. The maximum absolute atomic E-state index is 12.3. The van der Waals surface area contributed by atoms with Gasteiger partial charge in [-0.1, -0.05) is 0 Å². The van der Waals surface area contributed by atoms with Crippen molar-refractivity contribution >= 4 is 23.4 Å². The van der Waals surface area contributed by atoms with Crippen molar-refractivity contribution in [2.75, 3.05) is 16.8 Å². The summed E-state index contributed by atoms with van der Waals surface area (Å²) in [6.45, 7) is 10.00. The highest BCUT2D eigenvalue weighted by atomic mass is 16.6. The second-order valence-electron chi connectivity index (χ2n) is 8.76. The molecular weight excluding hydrogens is 372 g/mol. The molecule has 1 N–H and O–H groups in total. The molecule has 0 aromatic carbocycles. The normalized spacial score (nSPS) is 21.7. The quantitative estimate of drug-likeness (QED) is 0.850. The summed E-state index contributed by atoms with van der Waals surface area (Å²) in [5, 5.41) is 6.97. The van der Waals surface area contributed by atoms with Gasteiger partial charge in [0.1, 0.15) is 11.6 Å². The summed E-state index contributed by atoms with van der Waals surface area (Å²) < 4.78 is 6.93. The number of nitrogens with zero attached hydrogens (tertiary/aromatic N) is 5. The van der Waals surface area contributed by atoms with Gasteiger partial charge in [-0.05, 0) is 47.0 Å². The fourth-order valence-corrected chi connectivity index (χ4v) is 3.59. The lowest BCUT2D eigenvalue weighted by molar-refractivity contribution is -0.118. The SMILES string of the molecule is Cc1nc(C(C)n2cc(NC(=O)OC(C)(C)C)cn2)ncc1N1C[C@H]2C[C@H]2C1=O. The van der Waals surface area contributed by atoms with Crippen LogP contribution in [0.25, 0.3) is 0 Å². The maximum atomic E-state index is 12.3. The largest absolute Gasteiger partial charge is 0.444 e. The fraction of sp³-hybridized carbons (Fsp3) is 0.550. The Bertz CT molecular complexity index is 963. The number of fused-ring (bicyclic) bond motifs is 1. The zero-order chi connectivity index (χ0) is 20.9. The van der Waals surface area contributed by atoms with Gasteiger partial charge in [-0.3, -0.25) is 14.8 Å². The molecule has 3 heterocycles. The van der Waals surface area contributed by atoms with E-state index in [-0.39, 0.29) is 17.9 Å². The predicted octanol–water partition coefficient (Wildman–Crippen LogP) is 2.92. The van der Waals surface area contributed by atoms with Gasteiger partial charge in [-0.15, -0.1) is 0 Å². The molecule has 0 spiro atoms. The van der Waals surface area contributed by atoms with E-state index < -0.39 is 11.7 Å². The van der Waals surface area contributed by atoms with Crippen molar-refractivity contribution in [1.29, 1.82) is 0 Å². The van der Waals surface area contributed by atoms with Crippen LogP contribution in [0.1, 0.15) is 51.7 Å². The monoisotopic (exact) mass is 398 g/mol. The minimum atomic E-state index is -0.572. The minimum absolute atomic E-state index is 0.187. The highest BCUT2D eigenvalue weighted by Gasteiger charge is 2.52. The Morgan fingerprint density at radius 1 is 1.34 bits per heavy atom. The molecule has 29 heavy (non-hydrogen) atoms. The van der Waals surface area contributed by atoms with Crippen molar-refractivity contribution in [2.24, 2.45) is 11.8 Å². The predicted molar refractivity (Wildman–Crippen MR) is 107 cm³/mol. The van der Waals surface area contributed by atoms with Crippen LogP contribution >= 0.6 is 0 Å². The summed E-state index contributed by atoms with van der Waals surface area (Å²) in [6.07, 6.45) is 5.47. The highest BCUT2D eigenvalue weighted by molar-refractivity contribution is 6.00. The summed E-state index contributed by atoms with van der Waals surface area (Å²) in [6, 6.07) is -0.236. The third kappa shape index (κ3) is 3.94. The zero-order valence-corrected chi connectivity index (χ0v) is 17.3. The van der Waals surface area contributed by atoms with E-state index in [9.17, 15) is 9.59 Å². The zero-order valence-electron chi connectivity index (χ0n) is 17.3. The van der Waals surface area contributed by atoms with Gasteiger partial charge in [0.05, 0.1) is 29.5 Å². The number of hydrogen-bond donors (Lipinski definition) is 1. The van der Waals surface area contributed by atoms with Crippen molar-refractivity contribution in [3.63, 3.8) is 0 Å². The molecule has 2 aromatic rings. The van der Waals surface area contributed by atoms with E-state index in [2.05, 4.69) is 20.4 Å². The first kappa shape index (κ1) is 19.4. The van der Waals surface area contributed by atoms with Crippen LogP contribution < -0.4 is 10.2 Å². The van der Waals surface area contributed by atoms with Gasteiger partial charge in [0.15, 0.2) is 5.82 Å². The topological polar surface area (TPSA) is 102 Å². The number of aromatic nitrogens is 4. The first-order valence-electron chi connectivity index (χ1n) is 9.81. The van der Waals surface area contributed by atoms with E-state index in [0.29, 0.717) is 17.4 Å². The van der Waals surface area contributed by atoms with Gasteiger partial charge in [-0.25, -0.2) is 14.8 Å². The number of aryl methyl sites for hydroxylation is 1. The Hall–Kier alpha value is -2.97. The van der Waals surface area contributed by atoms with E-state index in [1.807, 2.05) is 13.8 Å². The van der Waals surface area contributed by atoms with Gasteiger partial charge >= 0.3 is 6.09 Å². The van der Waals surface area contributed by atoms with Crippen molar-refractivity contribution < 1.29 is 14.3 Å². The lowest BCUT2D eigenvalue weighted by Crippen LogP contribution is -2.29. The Morgan fingerprint density at radius 2 is 2.10 bits per heavy atom. The van der Waals surface area contributed by atoms with Gasteiger partial charge in [0, 0.05) is 18.7 Å². The molecule has 154 valence electrons. The summed E-state index contributed by atoms with van der Waals surface area (Å²) >= 11 is 0. The van der Waals surface area contributed by atoms with Gasteiger partial charge < -0.3 is 9.64 Å². The van der Waals surface area contributed by atoms with Crippen molar-refractivity contribution in [1.82, 2.24) is 19.7 Å². The molecule has 4 rings (SSSR count). The standard InChI is InChI=1S/C20H26N6O3/c1-11-16(25-9-13-6-15(13)18(25)27)8-21-17(23-11)12(2)26-10-14(7-22-26)24-19(28)29-20(3,4)5/h7-8,10,12-13,15H,6,9H2,1-5H3,(H,24,28)/t12?,13-,15-/m1/s1. The van der Waals surface area contributed by atoms with Gasteiger partial charge in [0.2, 0.25) is 5.91 Å². The number of amides is 2. The summed E-state index contributed by atoms with van der Waals surface area (Å²) in [5.74, 6) is 1.48. The first-order valence-corrected chi connectivity index (χ1v) is 9.81. The Balaban J connectivity index is 1.45. The average Bonchev–Trinajstić information content (AvgIpc) is 3.12. The fourth-order valence-electron chi connectivity index (χ4n) is 3.59. The van der Waals surface area contributed by atoms with Crippen LogP contribution in [0.15, 0.2) is 18.6 Å². The van der Waals surface area contributed by atoms with Crippen LogP contribution in [-0.4, -0.2) is 43.9 Å². The number of anilines is 2. The maximum Gasteiger partial charge on any atom is 0.412 e. The molecule has 2 aliphatic rings. The van der Waals surface area contributed by atoms with Crippen molar-refractivity contribution in [3.05, 3.63) is 30.1 Å². The van der Waals surface area contributed by atoms with Gasteiger partial charge in [-0.2, -0.15) is 5.10 Å². The molecule has 1 unspecified atom stereocenters. The van der Waals surface area contributed by atoms with Crippen LogP contribution in [0.5, 0.6) is 0 Å². The number of carbonyl (C=O) groups is 2. The Morgan fingerprint density at radius 3 is 2.72 bits per heavy atom. The molecular formula is C20H26N6O3. The van der Waals surface area contributed by atoms with Crippen molar-refractivity contribution in [3.8, 4) is 0 Å². The van der Waals surface area contributed by atoms with E-state index in [1.165, 1.54) is 0 Å². The summed E-state index contributed by atoms with van der Waals surface area (Å²) in [5.41, 5.74) is 1.51. The third-order valence-electron chi connectivity index (χ3n) is 5.20. The molecule has 2 fully saturated rings. The second-order valence-corrected chi connectivity index (χ2v) is 8.76. The third-order valence-corrected chi connectivity index (χ3v) is 5.20. The van der Waals surface area contributed by atoms with Crippen LogP contribution in [0.4, 0.5) is 16.2 Å². The smallest absolute Gasteiger partial charge is 0.412 e. The number of carbonyl (C=O) groups excluding carboxylic acids is 2. The van der Waals surface area contributed by atoms with Crippen LogP contribution in [0, 0.1) is 18.8 Å². The van der Waals surface area contributed by atoms with Crippen LogP contribution in [0.3, 0.4) is 0 Å². The molecule has 1 aliphatic carbocycles. The van der Waals surface area contributed by atoms with Gasteiger partial charge in [0.25, 0.3) is 0 Å². The minimum Gasteiger partial charge on any atom is -0.444 e. The van der Waals surface area contributed by atoms with Crippen LogP contribution in [-0.2, 0) is 9.53 Å². The highest BCUT2D eigenvalue weighted by Crippen LogP contribution is 2.47. The molecule has 1 aliphatic heterocycles. The molecule has 0 radical (unpaired) electrons. The molecule has 1 saturated heterocycles. The Kier molecular flexibility index (Phi) is 4.55. The van der Waals surface area contributed by atoms with E-state index in [1.54, 1.807) is 48.9 Å². The molecule has 3 atom stereocenters. The molecule has 9 nitrogen and oxygen atoms in total. The summed E-state index contributed by atoms with van der Waals surface area (Å²) in [7, 11) is 0. The first-order chi connectivity index (χ1) is 13.6. The lowest BCUT2D eigenvalue weighted by atomic mass is 10.2. The number of nitrogens with one attached hydrogen (secondary N) is 1. The molecule has 0 bridgehead atoms. The number of ether oxygens (including phenoxy) is 1. The van der Waals surface area contributed by atoms with E-state index in [0.717, 1.165) is 24.3 Å². The number of piperidine rings is 1. The van der Waals surface area contributed by atoms with E-state index in [4.69, 9.17) is 4.74 Å². The molecule has 2 amide bonds. The summed E-state index contributed by atoms with van der Waals surface area (Å²) in [4.78, 5) is 35.1. The van der Waals surface area contributed by atoms with Crippen LogP contribution in [0.2, 0.25) is 0 Å².